The molecule has 0 unspecified atom stereocenters. The van der Waals surface area contributed by atoms with E-state index in [0.29, 0.717) is 0 Å². The van der Waals surface area contributed by atoms with Crippen LogP contribution in [0.5, 0.6) is 0 Å². The molecule has 0 atom stereocenters. The van der Waals surface area contributed by atoms with Gasteiger partial charge < -0.3 is 0 Å². The second-order valence-corrected chi connectivity index (χ2v) is 10.5. The van der Waals surface area contributed by atoms with Crippen molar-refractivity contribution in [1.29, 1.82) is 0 Å². The number of benzene rings is 1. The predicted octanol–water partition coefficient (Wildman–Crippen LogP) is 9.37. The van der Waals surface area contributed by atoms with E-state index >= 15 is 0 Å². The van der Waals surface area contributed by atoms with Gasteiger partial charge in [-0.25, -0.2) is 0 Å². The number of aryl methyl sites for hydroxylation is 2. The summed E-state index contributed by atoms with van der Waals surface area (Å²) in [6, 6.07) is 13.3. The first-order chi connectivity index (χ1) is 16.3. The predicted molar refractivity (Wildman–Crippen MR) is 142 cm³/mol. The highest BCUT2D eigenvalue weighted by Gasteiger charge is 2.20. The molecule has 0 saturated heterocycles. The zero-order chi connectivity index (χ0) is 23.1. The maximum atomic E-state index is 4.56. The molecule has 1 aliphatic carbocycles. The monoisotopic (exact) mass is 448 g/mol. The lowest BCUT2D eigenvalue weighted by Crippen LogP contribution is -2.15. The highest BCUT2D eigenvalue weighted by atomic mass is 15.1. The second kappa shape index (κ2) is 15.3. The Balaban J connectivity index is 1.35. The molecule has 2 heteroatoms. The van der Waals surface area contributed by atoms with Crippen molar-refractivity contribution in [1.82, 2.24) is 10.2 Å². The van der Waals surface area contributed by atoms with Gasteiger partial charge in [0.05, 0.1) is 11.4 Å². The first-order valence-electron chi connectivity index (χ1n) is 14.2. The molecular weight excluding hydrogens is 400 g/mol. The van der Waals surface area contributed by atoms with Gasteiger partial charge in [0.15, 0.2) is 0 Å². The van der Waals surface area contributed by atoms with E-state index in [4.69, 9.17) is 0 Å². The molecule has 0 aliphatic heterocycles. The van der Waals surface area contributed by atoms with Gasteiger partial charge in [0, 0.05) is 5.56 Å². The normalized spacial score (nSPS) is 18.5. The molecule has 0 radical (unpaired) electrons. The third kappa shape index (κ3) is 9.59. The number of unbranched alkanes of at least 4 members (excludes halogenated alkanes) is 7. The van der Waals surface area contributed by atoms with Crippen molar-refractivity contribution in [2.24, 2.45) is 11.8 Å². The minimum Gasteiger partial charge on any atom is -0.155 e. The molecule has 2 aromatic rings. The minimum atomic E-state index is 0.896. The molecule has 1 aromatic carbocycles. The third-order valence-corrected chi connectivity index (χ3v) is 7.78. The van der Waals surface area contributed by atoms with E-state index < -0.39 is 0 Å². The standard InChI is InChI=1S/C31H48N2/c1-3-5-7-9-11-13-26-14-16-28(17-15-26)20-23-30-24-25-31(33-32-30)29-21-18-27(19-22-29)12-10-8-6-4-2/h18-19,21-22,24-26,28H,3-17,20,23H2,1-2H3. The molecule has 0 amide bonds. The molecule has 0 N–H and O–H groups in total. The summed E-state index contributed by atoms with van der Waals surface area (Å²) in [5, 5.41) is 9.11. The van der Waals surface area contributed by atoms with Crippen molar-refractivity contribution in [2.45, 2.75) is 123 Å². The van der Waals surface area contributed by atoms with Crippen molar-refractivity contribution in [3.05, 3.63) is 47.7 Å². The fourth-order valence-corrected chi connectivity index (χ4v) is 5.44. The zero-order valence-electron chi connectivity index (χ0n) is 21.5. The van der Waals surface area contributed by atoms with Crippen LogP contribution in [0.3, 0.4) is 0 Å². The Bertz CT molecular complexity index is 741. The number of nitrogens with zero attached hydrogens (tertiary/aromatic N) is 2. The largest absolute Gasteiger partial charge is 0.155 e. The Hall–Kier alpha value is -1.70. The fourth-order valence-electron chi connectivity index (χ4n) is 5.44. The number of hydrogen-bond donors (Lipinski definition) is 0. The van der Waals surface area contributed by atoms with Crippen LogP contribution in [-0.2, 0) is 12.8 Å². The molecule has 0 bridgehead atoms. The van der Waals surface area contributed by atoms with E-state index in [0.717, 1.165) is 29.6 Å². The van der Waals surface area contributed by atoms with Gasteiger partial charge in [0.25, 0.3) is 0 Å². The number of hydrogen-bond acceptors (Lipinski definition) is 2. The van der Waals surface area contributed by atoms with Crippen molar-refractivity contribution < 1.29 is 0 Å². The molecule has 1 fully saturated rings. The van der Waals surface area contributed by atoms with Gasteiger partial charge in [0.1, 0.15) is 0 Å². The SMILES string of the molecule is CCCCCCCC1CCC(CCc2ccc(-c3ccc(CCCCCC)cc3)nn2)CC1. The van der Waals surface area contributed by atoms with Gasteiger partial charge in [-0.2, -0.15) is 10.2 Å². The molecule has 1 saturated carbocycles. The third-order valence-electron chi connectivity index (χ3n) is 7.78. The summed E-state index contributed by atoms with van der Waals surface area (Å²) < 4.78 is 0. The fraction of sp³-hybridized carbons (Fsp3) is 0.677. The van der Waals surface area contributed by atoms with Gasteiger partial charge in [-0.15, -0.1) is 0 Å². The van der Waals surface area contributed by atoms with E-state index in [9.17, 15) is 0 Å². The van der Waals surface area contributed by atoms with Gasteiger partial charge in [0.2, 0.25) is 0 Å². The van der Waals surface area contributed by atoms with Crippen LogP contribution in [0.2, 0.25) is 0 Å². The average Bonchev–Trinajstić information content (AvgIpc) is 2.87. The van der Waals surface area contributed by atoms with E-state index in [1.165, 1.54) is 114 Å². The van der Waals surface area contributed by atoms with Crippen molar-refractivity contribution >= 4 is 0 Å². The molecular formula is C31H48N2. The van der Waals surface area contributed by atoms with Crippen LogP contribution in [0.1, 0.15) is 121 Å². The van der Waals surface area contributed by atoms with E-state index in [-0.39, 0.29) is 0 Å². The van der Waals surface area contributed by atoms with Crippen LogP contribution in [0.15, 0.2) is 36.4 Å². The zero-order valence-corrected chi connectivity index (χ0v) is 21.5. The Morgan fingerprint density at radius 3 is 1.88 bits per heavy atom. The Labute approximate surface area is 204 Å². The summed E-state index contributed by atoms with van der Waals surface area (Å²) in [6.45, 7) is 4.57. The molecule has 1 aromatic heterocycles. The topological polar surface area (TPSA) is 25.8 Å². The summed E-state index contributed by atoms with van der Waals surface area (Å²) >= 11 is 0. The van der Waals surface area contributed by atoms with Crippen molar-refractivity contribution in [2.75, 3.05) is 0 Å². The lowest BCUT2D eigenvalue weighted by molar-refractivity contribution is 0.248. The Kier molecular flexibility index (Phi) is 12.0. The smallest absolute Gasteiger partial charge is 0.0929 e. The van der Waals surface area contributed by atoms with Crippen LogP contribution in [0.25, 0.3) is 11.3 Å². The second-order valence-electron chi connectivity index (χ2n) is 10.5. The molecule has 3 rings (SSSR count). The van der Waals surface area contributed by atoms with Crippen LogP contribution in [0.4, 0.5) is 0 Å². The van der Waals surface area contributed by atoms with Gasteiger partial charge in [-0.05, 0) is 55.2 Å². The van der Waals surface area contributed by atoms with Gasteiger partial charge in [-0.3, -0.25) is 0 Å². The van der Waals surface area contributed by atoms with Crippen LogP contribution in [-0.4, -0.2) is 10.2 Å². The minimum absolute atomic E-state index is 0.896. The van der Waals surface area contributed by atoms with Crippen molar-refractivity contribution in [3.63, 3.8) is 0 Å². The first kappa shape index (κ1) is 25.9. The maximum absolute atomic E-state index is 4.56. The molecule has 33 heavy (non-hydrogen) atoms. The molecule has 0 spiro atoms. The highest BCUT2D eigenvalue weighted by Crippen LogP contribution is 2.34. The summed E-state index contributed by atoms with van der Waals surface area (Å²) in [5.41, 5.74) is 4.77. The summed E-state index contributed by atoms with van der Waals surface area (Å²) in [5.74, 6) is 1.90. The maximum Gasteiger partial charge on any atom is 0.0929 e. The Morgan fingerprint density at radius 1 is 0.606 bits per heavy atom. The average molecular weight is 449 g/mol. The van der Waals surface area contributed by atoms with E-state index in [1.807, 2.05) is 0 Å². The van der Waals surface area contributed by atoms with Crippen molar-refractivity contribution in [3.8, 4) is 11.3 Å². The van der Waals surface area contributed by atoms with Gasteiger partial charge in [-0.1, -0.05) is 122 Å². The van der Waals surface area contributed by atoms with E-state index in [1.54, 1.807) is 0 Å². The molecule has 2 nitrogen and oxygen atoms in total. The van der Waals surface area contributed by atoms with Crippen LogP contribution in [0, 0.1) is 11.8 Å². The number of aromatic nitrogens is 2. The van der Waals surface area contributed by atoms with Crippen LogP contribution >= 0.6 is 0 Å². The highest BCUT2D eigenvalue weighted by molar-refractivity contribution is 5.58. The summed E-state index contributed by atoms with van der Waals surface area (Å²) in [7, 11) is 0. The molecule has 1 aliphatic rings. The van der Waals surface area contributed by atoms with Gasteiger partial charge >= 0.3 is 0 Å². The van der Waals surface area contributed by atoms with Crippen LogP contribution < -0.4 is 0 Å². The lowest BCUT2D eigenvalue weighted by Gasteiger charge is -2.28. The quantitative estimate of drug-likeness (QED) is 0.254. The van der Waals surface area contributed by atoms with E-state index in [2.05, 4.69) is 60.4 Å². The summed E-state index contributed by atoms with van der Waals surface area (Å²) in [4.78, 5) is 0. The molecule has 1 heterocycles. The molecule has 182 valence electrons. The lowest BCUT2D eigenvalue weighted by atomic mass is 9.78. The summed E-state index contributed by atoms with van der Waals surface area (Å²) in [6.07, 6.45) is 23.2. The Morgan fingerprint density at radius 2 is 1.24 bits per heavy atom. The first-order valence-corrected chi connectivity index (χ1v) is 14.2. The number of rotatable bonds is 15.